The Hall–Kier alpha value is -2.75. The molecule has 0 radical (unpaired) electrons. The van der Waals surface area contributed by atoms with Crippen molar-refractivity contribution in [2.45, 2.75) is 37.2 Å². The molecule has 1 aliphatic rings. The summed E-state index contributed by atoms with van der Waals surface area (Å²) in [6.07, 6.45) is -8.43. The van der Waals surface area contributed by atoms with Gasteiger partial charge in [0.1, 0.15) is 14.9 Å². The fourth-order valence-electron chi connectivity index (χ4n) is 2.99. The van der Waals surface area contributed by atoms with E-state index < -0.39 is 41.3 Å². The molecule has 0 saturated heterocycles. The monoisotopic (exact) mass is 534 g/mol. The van der Waals surface area contributed by atoms with Crippen molar-refractivity contribution in [2.24, 2.45) is 7.05 Å². The summed E-state index contributed by atoms with van der Waals surface area (Å²) in [7, 11) is 0.766. The second kappa shape index (κ2) is 7.90. The molecular weight excluding hydrogens is 524 g/mol. The van der Waals surface area contributed by atoms with Gasteiger partial charge in [-0.3, -0.25) is 4.79 Å². The molecule has 1 aliphatic carbocycles. The second-order valence-electron chi connectivity index (χ2n) is 7.30. The van der Waals surface area contributed by atoms with Crippen molar-refractivity contribution >= 4 is 28.8 Å². The molecule has 4 rings (SSSR count). The first-order valence-electron chi connectivity index (χ1n) is 9.23. The van der Waals surface area contributed by atoms with E-state index in [1.807, 2.05) is 0 Å². The molecule has 1 fully saturated rings. The van der Waals surface area contributed by atoms with E-state index >= 15 is 0 Å². The standard InChI is InChI=1S/C17H11ClF8N6OS/c1-31-14(8(16(21,22)23)10(30-31)15(19,20)17(24,25)26)32-5-6(4-27-32)13-29-9(11(18)34-13)12(33)28-7-2-3-7/h4-5,7H,2-3H2,1H3,(H,28,33). The summed E-state index contributed by atoms with van der Waals surface area (Å²) < 4.78 is 108. The van der Waals surface area contributed by atoms with Crippen LogP contribution in [-0.2, 0) is 19.1 Å². The van der Waals surface area contributed by atoms with E-state index in [1.165, 1.54) is 0 Å². The minimum Gasteiger partial charge on any atom is -0.348 e. The Morgan fingerprint density at radius 2 is 1.82 bits per heavy atom. The van der Waals surface area contributed by atoms with Crippen molar-refractivity contribution in [3.05, 3.63) is 33.7 Å². The van der Waals surface area contributed by atoms with Gasteiger partial charge >= 0.3 is 18.3 Å². The van der Waals surface area contributed by atoms with Crippen LogP contribution in [0.4, 0.5) is 35.1 Å². The fourth-order valence-corrected chi connectivity index (χ4v) is 4.10. The number of hydrogen-bond donors (Lipinski definition) is 1. The van der Waals surface area contributed by atoms with Crippen LogP contribution in [0.25, 0.3) is 16.4 Å². The first-order valence-corrected chi connectivity index (χ1v) is 10.4. The highest BCUT2D eigenvalue weighted by molar-refractivity contribution is 7.19. The molecule has 1 N–H and O–H groups in total. The summed E-state index contributed by atoms with van der Waals surface area (Å²) in [6.45, 7) is 0. The van der Waals surface area contributed by atoms with Crippen LogP contribution in [0.5, 0.6) is 0 Å². The minimum absolute atomic E-state index is 0.00567. The number of carbonyl (C=O) groups is 1. The van der Waals surface area contributed by atoms with Gasteiger partial charge in [-0.1, -0.05) is 11.6 Å². The van der Waals surface area contributed by atoms with Gasteiger partial charge in [-0.25, -0.2) is 14.3 Å². The number of aryl methyl sites for hydroxylation is 1. The SMILES string of the molecule is Cn1nc(C(F)(F)C(F)(F)F)c(C(F)(F)F)c1-n1cc(-c2nc(C(=O)NC3CC3)c(Cl)s2)cn1. The predicted octanol–water partition coefficient (Wildman–Crippen LogP) is 4.95. The average Bonchev–Trinajstić information content (AvgIpc) is 3.10. The lowest BCUT2D eigenvalue weighted by atomic mass is 10.1. The highest BCUT2D eigenvalue weighted by Crippen LogP contribution is 2.49. The first-order chi connectivity index (χ1) is 15.6. The number of aromatic nitrogens is 5. The van der Waals surface area contributed by atoms with Crippen LogP contribution in [0.15, 0.2) is 12.4 Å². The summed E-state index contributed by atoms with van der Waals surface area (Å²) in [6, 6.07) is 0.00567. The van der Waals surface area contributed by atoms with Crippen LogP contribution in [-0.4, -0.2) is 42.7 Å². The normalized spacial score (nSPS) is 15.1. The van der Waals surface area contributed by atoms with Crippen LogP contribution < -0.4 is 5.32 Å². The zero-order valence-electron chi connectivity index (χ0n) is 16.6. The number of nitrogens with one attached hydrogen (secondary N) is 1. The number of nitrogens with zero attached hydrogens (tertiary/aromatic N) is 5. The molecule has 0 aromatic carbocycles. The van der Waals surface area contributed by atoms with Gasteiger partial charge in [0.25, 0.3) is 5.91 Å². The van der Waals surface area contributed by atoms with E-state index in [9.17, 15) is 39.9 Å². The molecule has 184 valence electrons. The van der Waals surface area contributed by atoms with Crippen molar-refractivity contribution in [1.29, 1.82) is 0 Å². The van der Waals surface area contributed by atoms with Crippen molar-refractivity contribution in [2.75, 3.05) is 0 Å². The summed E-state index contributed by atoms with van der Waals surface area (Å²) in [5.74, 6) is -7.60. The Morgan fingerprint density at radius 3 is 2.38 bits per heavy atom. The van der Waals surface area contributed by atoms with Crippen molar-refractivity contribution in [3.8, 4) is 16.4 Å². The van der Waals surface area contributed by atoms with Gasteiger partial charge in [-0.05, 0) is 12.8 Å². The van der Waals surface area contributed by atoms with E-state index in [0.717, 1.165) is 43.6 Å². The van der Waals surface area contributed by atoms with Crippen molar-refractivity contribution in [3.63, 3.8) is 0 Å². The van der Waals surface area contributed by atoms with Crippen LogP contribution in [0.3, 0.4) is 0 Å². The Bertz CT molecular complexity index is 1260. The third-order valence-corrected chi connectivity index (χ3v) is 6.02. The topological polar surface area (TPSA) is 77.6 Å². The highest BCUT2D eigenvalue weighted by atomic mass is 35.5. The molecule has 1 amide bonds. The van der Waals surface area contributed by atoms with E-state index in [2.05, 4.69) is 20.5 Å². The maximum absolute atomic E-state index is 13.9. The summed E-state index contributed by atoms with van der Waals surface area (Å²) in [4.78, 5) is 16.2. The lowest BCUT2D eigenvalue weighted by Gasteiger charge is -2.19. The van der Waals surface area contributed by atoms with Gasteiger partial charge in [-0.2, -0.15) is 45.3 Å². The Labute approximate surface area is 193 Å². The average molecular weight is 535 g/mol. The molecule has 0 unspecified atom stereocenters. The highest BCUT2D eigenvalue weighted by Gasteiger charge is 2.64. The number of halogens is 9. The minimum atomic E-state index is -6.32. The number of alkyl halides is 8. The molecule has 0 aliphatic heterocycles. The number of hydrogen-bond acceptors (Lipinski definition) is 5. The van der Waals surface area contributed by atoms with E-state index in [-0.39, 0.29) is 31.3 Å². The number of carbonyl (C=O) groups excluding carboxylic acids is 1. The summed E-state index contributed by atoms with van der Waals surface area (Å²) in [5, 5.41) is 9.21. The molecule has 0 bridgehead atoms. The van der Waals surface area contributed by atoms with Gasteiger partial charge in [0.05, 0.1) is 6.20 Å². The second-order valence-corrected chi connectivity index (χ2v) is 8.90. The van der Waals surface area contributed by atoms with E-state index in [4.69, 9.17) is 11.6 Å². The van der Waals surface area contributed by atoms with E-state index in [0.29, 0.717) is 4.68 Å². The van der Waals surface area contributed by atoms with Gasteiger partial charge in [0.15, 0.2) is 17.2 Å². The molecule has 3 aromatic heterocycles. The van der Waals surface area contributed by atoms with Crippen LogP contribution in [0.2, 0.25) is 4.34 Å². The lowest BCUT2D eigenvalue weighted by molar-refractivity contribution is -0.292. The van der Waals surface area contributed by atoms with Gasteiger partial charge in [-0.15, -0.1) is 11.3 Å². The summed E-state index contributed by atoms with van der Waals surface area (Å²) in [5.41, 5.74) is -4.88. The van der Waals surface area contributed by atoms with E-state index in [1.54, 1.807) is 0 Å². The van der Waals surface area contributed by atoms with Gasteiger partial charge < -0.3 is 5.32 Å². The molecule has 7 nitrogen and oxygen atoms in total. The molecule has 3 aromatic rings. The molecule has 17 heteroatoms. The quantitative estimate of drug-likeness (QED) is 0.470. The van der Waals surface area contributed by atoms with Gasteiger partial charge in [0, 0.05) is 24.8 Å². The molecular formula is C17H11ClF8N6OS. The number of thiazole rings is 1. The Kier molecular flexibility index (Phi) is 5.66. The van der Waals surface area contributed by atoms with Crippen molar-refractivity contribution < 1.29 is 39.9 Å². The van der Waals surface area contributed by atoms with Gasteiger partial charge in [0.2, 0.25) is 0 Å². The number of amides is 1. The third kappa shape index (κ3) is 4.23. The fraction of sp³-hybridized carbons (Fsp3) is 0.412. The zero-order valence-corrected chi connectivity index (χ0v) is 18.2. The maximum atomic E-state index is 13.9. The lowest BCUT2D eigenvalue weighted by Crippen LogP contribution is -2.36. The molecule has 3 heterocycles. The largest absolute Gasteiger partial charge is 0.459 e. The molecule has 1 saturated carbocycles. The predicted molar refractivity (Wildman–Crippen MR) is 102 cm³/mol. The molecule has 0 atom stereocenters. The molecule has 0 spiro atoms. The van der Waals surface area contributed by atoms with Crippen LogP contribution in [0.1, 0.15) is 34.6 Å². The third-order valence-electron chi connectivity index (χ3n) is 4.71. The van der Waals surface area contributed by atoms with Crippen LogP contribution in [0, 0.1) is 0 Å². The van der Waals surface area contributed by atoms with Crippen molar-refractivity contribution in [1.82, 2.24) is 29.9 Å². The maximum Gasteiger partial charge on any atom is 0.459 e. The van der Waals surface area contributed by atoms with Crippen LogP contribution >= 0.6 is 22.9 Å². The number of rotatable bonds is 5. The Morgan fingerprint density at radius 1 is 1.18 bits per heavy atom. The smallest absolute Gasteiger partial charge is 0.348 e. The zero-order chi connectivity index (χ0) is 25.2. The first kappa shape index (κ1) is 24.4. The summed E-state index contributed by atoms with van der Waals surface area (Å²) >= 11 is 6.84. The molecule has 34 heavy (non-hydrogen) atoms. The Balaban J connectivity index is 1.77.